The van der Waals surface area contributed by atoms with Crippen LogP contribution in [0.4, 0.5) is 10.1 Å². The van der Waals surface area contributed by atoms with Crippen molar-refractivity contribution >= 4 is 16.6 Å². The fourth-order valence-corrected chi connectivity index (χ4v) is 2.38. The molecule has 0 amide bonds. The Kier molecular flexibility index (Phi) is 3.77. The van der Waals surface area contributed by atoms with E-state index in [-0.39, 0.29) is 5.82 Å². The van der Waals surface area contributed by atoms with Gasteiger partial charge in [-0.25, -0.2) is 4.39 Å². The summed E-state index contributed by atoms with van der Waals surface area (Å²) in [4.78, 5) is 0. The lowest BCUT2D eigenvalue weighted by Gasteiger charge is -2.08. The smallest absolute Gasteiger partial charge is 0.125 e. The fraction of sp³-hybridized carbons (Fsp3) is 0.176. The van der Waals surface area contributed by atoms with E-state index in [9.17, 15) is 4.39 Å². The topological polar surface area (TPSA) is 40.2 Å². The zero-order chi connectivity index (χ0) is 14.7. The van der Waals surface area contributed by atoms with Crippen molar-refractivity contribution in [3.63, 3.8) is 0 Å². The Morgan fingerprint density at radius 3 is 2.86 bits per heavy atom. The van der Waals surface area contributed by atoms with E-state index in [0.29, 0.717) is 12.3 Å². The Morgan fingerprint density at radius 1 is 1.10 bits per heavy atom. The van der Waals surface area contributed by atoms with Gasteiger partial charge in [-0.2, -0.15) is 0 Å². The quantitative estimate of drug-likeness (QED) is 0.571. The van der Waals surface area contributed by atoms with Gasteiger partial charge in [0, 0.05) is 24.5 Å². The zero-order valence-electron chi connectivity index (χ0n) is 11.6. The third-order valence-corrected chi connectivity index (χ3v) is 3.41. The third kappa shape index (κ3) is 3.16. The first-order valence-electron chi connectivity index (χ1n) is 6.95. The highest BCUT2D eigenvalue weighted by molar-refractivity contribution is 5.80. The second-order valence-corrected chi connectivity index (χ2v) is 4.99. The molecule has 0 fully saturated rings. The summed E-state index contributed by atoms with van der Waals surface area (Å²) in [6.07, 6.45) is 2.82. The molecule has 3 aromatic rings. The van der Waals surface area contributed by atoms with Gasteiger partial charge in [-0.1, -0.05) is 6.07 Å². The van der Waals surface area contributed by atoms with Gasteiger partial charge in [0.25, 0.3) is 0 Å². The van der Waals surface area contributed by atoms with Crippen LogP contribution in [0, 0.1) is 5.82 Å². The summed E-state index contributed by atoms with van der Waals surface area (Å²) in [5, 5.41) is 1.05. The highest BCUT2D eigenvalue weighted by Crippen LogP contribution is 2.18. The molecular weight excluding hydrogens is 267 g/mol. The second kappa shape index (κ2) is 5.87. The van der Waals surface area contributed by atoms with Crippen LogP contribution in [-0.4, -0.2) is 11.2 Å². The van der Waals surface area contributed by atoms with Crippen molar-refractivity contribution in [2.75, 3.05) is 12.3 Å². The van der Waals surface area contributed by atoms with Crippen molar-refractivity contribution in [2.45, 2.75) is 13.0 Å². The van der Waals surface area contributed by atoms with Crippen LogP contribution >= 0.6 is 0 Å². The van der Waals surface area contributed by atoms with Crippen LogP contribution in [0.25, 0.3) is 10.9 Å². The predicted molar refractivity (Wildman–Crippen MR) is 82.9 cm³/mol. The summed E-state index contributed by atoms with van der Waals surface area (Å²) < 4.78 is 21.0. The molecule has 108 valence electrons. The molecule has 0 aliphatic rings. The number of halogens is 1. The fourth-order valence-electron chi connectivity index (χ4n) is 2.38. The normalized spacial score (nSPS) is 10.9. The summed E-state index contributed by atoms with van der Waals surface area (Å²) in [5.41, 5.74) is 7.31. The van der Waals surface area contributed by atoms with Crippen LogP contribution in [0.2, 0.25) is 0 Å². The van der Waals surface area contributed by atoms with Gasteiger partial charge in [0.2, 0.25) is 0 Å². The lowest BCUT2D eigenvalue weighted by atomic mass is 10.2. The van der Waals surface area contributed by atoms with E-state index < -0.39 is 0 Å². The molecule has 0 radical (unpaired) electrons. The number of nitrogens with zero attached hydrogens (tertiary/aromatic N) is 1. The average molecular weight is 284 g/mol. The third-order valence-electron chi connectivity index (χ3n) is 3.41. The molecule has 0 aliphatic heterocycles. The van der Waals surface area contributed by atoms with Gasteiger partial charge in [-0.3, -0.25) is 0 Å². The Morgan fingerprint density at radius 2 is 2.00 bits per heavy atom. The van der Waals surface area contributed by atoms with E-state index in [1.807, 2.05) is 35.0 Å². The summed E-state index contributed by atoms with van der Waals surface area (Å²) in [5.74, 6) is 0.567. The van der Waals surface area contributed by atoms with Crippen molar-refractivity contribution in [2.24, 2.45) is 0 Å². The standard InChI is InChI=1S/C17H17FN2O/c18-14-6-5-13-7-9-20(17(13)11-14)8-2-10-21-16-4-1-3-15(19)12-16/h1,3-7,9,11-12H,2,8,10,19H2. The van der Waals surface area contributed by atoms with Crippen molar-refractivity contribution in [3.05, 3.63) is 60.5 Å². The van der Waals surface area contributed by atoms with Crippen molar-refractivity contribution in [1.82, 2.24) is 4.57 Å². The molecule has 4 heteroatoms. The maximum atomic E-state index is 13.3. The SMILES string of the molecule is Nc1cccc(OCCCn2ccc3ccc(F)cc32)c1. The molecule has 0 atom stereocenters. The van der Waals surface area contributed by atoms with Crippen LogP contribution in [0.3, 0.4) is 0 Å². The molecule has 1 heterocycles. The number of hydrogen-bond acceptors (Lipinski definition) is 2. The molecule has 1 aromatic heterocycles. The number of hydrogen-bond donors (Lipinski definition) is 1. The molecule has 0 spiro atoms. The Hall–Kier alpha value is -2.49. The molecule has 2 N–H and O–H groups in total. The first-order chi connectivity index (χ1) is 10.2. The highest BCUT2D eigenvalue weighted by Gasteiger charge is 2.02. The number of benzene rings is 2. The molecule has 0 saturated heterocycles. The number of ether oxygens (including phenoxy) is 1. The monoisotopic (exact) mass is 284 g/mol. The van der Waals surface area contributed by atoms with Gasteiger partial charge >= 0.3 is 0 Å². The lowest BCUT2D eigenvalue weighted by molar-refractivity contribution is 0.303. The summed E-state index contributed by atoms with van der Waals surface area (Å²) in [6.45, 7) is 1.38. The maximum Gasteiger partial charge on any atom is 0.125 e. The van der Waals surface area contributed by atoms with E-state index in [4.69, 9.17) is 10.5 Å². The number of fused-ring (bicyclic) bond motifs is 1. The lowest BCUT2D eigenvalue weighted by Crippen LogP contribution is -2.04. The number of nitrogens with two attached hydrogens (primary N) is 1. The Balaban J connectivity index is 1.58. The van der Waals surface area contributed by atoms with Gasteiger partial charge in [-0.15, -0.1) is 0 Å². The van der Waals surface area contributed by atoms with Crippen LogP contribution in [0.5, 0.6) is 5.75 Å². The van der Waals surface area contributed by atoms with E-state index in [2.05, 4.69) is 0 Å². The van der Waals surface area contributed by atoms with Gasteiger partial charge in [-0.05, 0) is 48.2 Å². The van der Waals surface area contributed by atoms with E-state index in [0.717, 1.165) is 29.6 Å². The van der Waals surface area contributed by atoms with Gasteiger partial charge in [0.1, 0.15) is 11.6 Å². The second-order valence-electron chi connectivity index (χ2n) is 4.99. The number of nitrogen functional groups attached to an aromatic ring is 1. The molecule has 0 bridgehead atoms. The first-order valence-corrected chi connectivity index (χ1v) is 6.95. The summed E-state index contributed by atoms with van der Waals surface area (Å²) in [7, 11) is 0. The van der Waals surface area contributed by atoms with E-state index in [1.54, 1.807) is 18.2 Å². The van der Waals surface area contributed by atoms with Gasteiger partial charge in [0.05, 0.1) is 12.1 Å². The number of anilines is 1. The Bertz CT molecular complexity index is 751. The van der Waals surface area contributed by atoms with Crippen LogP contribution in [0.1, 0.15) is 6.42 Å². The minimum Gasteiger partial charge on any atom is -0.493 e. The van der Waals surface area contributed by atoms with Crippen molar-refractivity contribution in [3.8, 4) is 5.75 Å². The largest absolute Gasteiger partial charge is 0.493 e. The molecule has 0 saturated carbocycles. The van der Waals surface area contributed by atoms with E-state index >= 15 is 0 Å². The molecule has 3 nitrogen and oxygen atoms in total. The number of rotatable bonds is 5. The average Bonchev–Trinajstić information content (AvgIpc) is 2.86. The molecule has 2 aromatic carbocycles. The van der Waals surface area contributed by atoms with Crippen LogP contribution in [0.15, 0.2) is 54.7 Å². The molecule has 0 aliphatic carbocycles. The Labute approximate surface area is 122 Å². The van der Waals surface area contributed by atoms with Gasteiger partial charge < -0.3 is 15.0 Å². The maximum absolute atomic E-state index is 13.3. The van der Waals surface area contributed by atoms with Gasteiger partial charge in [0.15, 0.2) is 0 Å². The summed E-state index contributed by atoms with van der Waals surface area (Å²) in [6, 6.07) is 14.2. The summed E-state index contributed by atoms with van der Waals surface area (Å²) >= 11 is 0. The molecule has 3 rings (SSSR count). The number of aryl methyl sites for hydroxylation is 1. The van der Waals surface area contributed by atoms with Crippen LogP contribution < -0.4 is 10.5 Å². The van der Waals surface area contributed by atoms with E-state index in [1.165, 1.54) is 6.07 Å². The molecule has 0 unspecified atom stereocenters. The zero-order valence-corrected chi connectivity index (χ0v) is 11.6. The molecule has 21 heavy (non-hydrogen) atoms. The predicted octanol–water partition coefficient (Wildman–Crippen LogP) is 3.83. The molecular formula is C17H17FN2O. The van der Waals surface area contributed by atoms with Crippen LogP contribution in [-0.2, 0) is 6.54 Å². The first kappa shape index (κ1) is 13.5. The van der Waals surface area contributed by atoms with Crippen molar-refractivity contribution in [1.29, 1.82) is 0 Å². The highest BCUT2D eigenvalue weighted by atomic mass is 19.1. The number of aromatic nitrogens is 1. The minimum absolute atomic E-state index is 0.210. The minimum atomic E-state index is -0.210. The van der Waals surface area contributed by atoms with Crippen molar-refractivity contribution < 1.29 is 9.13 Å².